The molecule has 5 rings (SSSR count). The van der Waals surface area contributed by atoms with E-state index in [-0.39, 0.29) is 23.7 Å². The van der Waals surface area contributed by atoms with Gasteiger partial charge in [-0.1, -0.05) is 29.8 Å². The Morgan fingerprint density at radius 2 is 1.73 bits per heavy atom. The van der Waals surface area contributed by atoms with Crippen LogP contribution in [-0.2, 0) is 10.2 Å². The monoisotopic (exact) mass is 590 g/mol. The van der Waals surface area contributed by atoms with Crippen LogP contribution in [0, 0.1) is 0 Å². The fraction of sp³-hybridized carbons (Fsp3) is 0.367. The number of benzene rings is 3. The number of aliphatic hydroxyl groups is 1. The SMILES string of the molecule is COc1cc(NC(C(=O)N2CC3(CC3)c3ccc(OC(F)(F)F)cc32)c2ccc(Cl)cc2)cc(OCC(C)(C)O)c1. The number of hydrogen-bond acceptors (Lipinski definition) is 6. The molecule has 3 aromatic rings. The number of fused-ring (bicyclic) bond motifs is 2. The molecule has 1 spiro atoms. The Labute approximate surface area is 240 Å². The van der Waals surface area contributed by atoms with Crippen molar-refractivity contribution in [3.8, 4) is 17.2 Å². The molecule has 2 aliphatic rings. The molecule has 1 fully saturated rings. The molecule has 0 radical (unpaired) electrons. The van der Waals surface area contributed by atoms with Gasteiger partial charge in [-0.05, 0) is 56.0 Å². The Bertz CT molecular complexity index is 1440. The van der Waals surface area contributed by atoms with Gasteiger partial charge < -0.3 is 29.5 Å². The minimum absolute atomic E-state index is 0.0220. The van der Waals surface area contributed by atoms with Crippen molar-refractivity contribution in [2.45, 2.75) is 50.1 Å². The van der Waals surface area contributed by atoms with E-state index >= 15 is 0 Å². The minimum atomic E-state index is -4.86. The van der Waals surface area contributed by atoms with Crippen LogP contribution in [0.3, 0.4) is 0 Å². The summed E-state index contributed by atoms with van der Waals surface area (Å²) in [6, 6.07) is 15.1. The predicted octanol–water partition coefficient (Wildman–Crippen LogP) is 6.63. The third-order valence-electron chi connectivity index (χ3n) is 7.11. The van der Waals surface area contributed by atoms with Crippen LogP contribution in [-0.4, -0.2) is 43.2 Å². The van der Waals surface area contributed by atoms with E-state index in [1.807, 2.05) is 0 Å². The van der Waals surface area contributed by atoms with E-state index in [1.54, 1.807) is 62.4 Å². The van der Waals surface area contributed by atoms with E-state index < -0.39 is 18.0 Å². The van der Waals surface area contributed by atoms with Gasteiger partial charge in [0.05, 0.1) is 18.4 Å². The van der Waals surface area contributed by atoms with Crippen molar-refractivity contribution < 1.29 is 37.3 Å². The number of halogens is 4. The van der Waals surface area contributed by atoms with Crippen LogP contribution in [0.1, 0.15) is 43.9 Å². The molecule has 1 heterocycles. The number of rotatable bonds is 9. The maximum atomic E-state index is 14.3. The second kappa shape index (κ2) is 10.6. The standard InChI is InChI=1S/C30H30ClF3N2O5/c1-28(2,38)17-40-23-13-20(12-22(14-23)39-3)35-26(18-4-6-19(31)7-5-18)27(37)36-16-29(10-11-29)24-9-8-21(15-25(24)36)41-30(32,33)34/h4-9,12-15,26,35,38H,10-11,16-17H2,1-3H3. The Morgan fingerprint density at radius 3 is 2.34 bits per heavy atom. The molecule has 1 aliphatic heterocycles. The number of alkyl halides is 3. The summed E-state index contributed by atoms with van der Waals surface area (Å²) in [5.41, 5.74) is 0.976. The van der Waals surface area contributed by atoms with Crippen LogP contribution in [0.15, 0.2) is 60.7 Å². The van der Waals surface area contributed by atoms with Gasteiger partial charge in [-0.3, -0.25) is 4.79 Å². The summed E-state index contributed by atoms with van der Waals surface area (Å²) < 4.78 is 54.3. The first-order valence-corrected chi connectivity index (χ1v) is 13.4. The quantitative estimate of drug-likeness (QED) is 0.291. The summed E-state index contributed by atoms with van der Waals surface area (Å²) in [5.74, 6) is 0.126. The molecule has 1 atom stereocenters. The fourth-order valence-corrected chi connectivity index (χ4v) is 5.14. The van der Waals surface area contributed by atoms with Crippen LogP contribution in [0.25, 0.3) is 0 Å². The van der Waals surface area contributed by atoms with Gasteiger partial charge in [-0.2, -0.15) is 0 Å². The molecular weight excluding hydrogens is 561 g/mol. The number of nitrogens with one attached hydrogen (secondary N) is 1. The van der Waals surface area contributed by atoms with Crippen LogP contribution >= 0.6 is 11.6 Å². The molecule has 1 saturated carbocycles. The number of nitrogens with zero attached hydrogens (tertiary/aromatic N) is 1. The number of amides is 1. The van der Waals surface area contributed by atoms with Crippen molar-refractivity contribution in [2.24, 2.45) is 0 Å². The van der Waals surface area contributed by atoms with Gasteiger partial charge in [0.25, 0.3) is 5.91 Å². The highest BCUT2D eigenvalue weighted by Gasteiger charge is 2.54. The van der Waals surface area contributed by atoms with E-state index in [0.29, 0.717) is 40.0 Å². The van der Waals surface area contributed by atoms with Crippen molar-refractivity contribution in [3.05, 3.63) is 76.8 Å². The minimum Gasteiger partial charge on any atom is -0.497 e. The Hall–Kier alpha value is -3.63. The largest absolute Gasteiger partial charge is 0.573 e. The average molecular weight is 591 g/mol. The van der Waals surface area contributed by atoms with Crippen LogP contribution in [0.2, 0.25) is 5.02 Å². The van der Waals surface area contributed by atoms with Gasteiger partial charge in [0.15, 0.2) is 0 Å². The Kier molecular flexibility index (Phi) is 7.50. The lowest BCUT2D eigenvalue weighted by atomic mass is 9.99. The van der Waals surface area contributed by atoms with Crippen LogP contribution in [0.4, 0.5) is 24.5 Å². The number of ether oxygens (including phenoxy) is 3. The zero-order chi connectivity index (χ0) is 29.6. The van der Waals surface area contributed by atoms with Crippen molar-refractivity contribution in [2.75, 3.05) is 30.5 Å². The normalized spacial score (nSPS) is 16.2. The lowest BCUT2D eigenvalue weighted by Crippen LogP contribution is -2.38. The molecule has 1 amide bonds. The zero-order valence-corrected chi connectivity index (χ0v) is 23.5. The first-order valence-electron chi connectivity index (χ1n) is 13.0. The van der Waals surface area contributed by atoms with E-state index in [2.05, 4.69) is 10.1 Å². The molecule has 7 nitrogen and oxygen atoms in total. The highest BCUT2D eigenvalue weighted by atomic mass is 35.5. The smallest absolute Gasteiger partial charge is 0.497 e. The topological polar surface area (TPSA) is 80.3 Å². The number of carbonyl (C=O) groups excluding carboxylic acids is 1. The Morgan fingerprint density at radius 1 is 1.05 bits per heavy atom. The van der Waals surface area contributed by atoms with Crippen molar-refractivity contribution in [1.82, 2.24) is 0 Å². The van der Waals surface area contributed by atoms with E-state index in [4.69, 9.17) is 21.1 Å². The molecular formula is C30H30ClF3N2O5. The highest BCUT2D eigenvalue weighted by molar-refractivity contribution is 6.30. The van der Waals surface area contributed by atoms with Gasteiger partial charge >= 0.3 is 6.36 Å². The maximum Gasteiger partial charge on any atom is 0.573 e. The first-order chi connectivity index (χ1) is 19.2. The molecule has 3 aromatic carbocycles. The molecule has 11 heteroatoms. The van der Waals surface area contributed by atoms with Gasteiger partial charge in [0.2, 0.25) is 0 Å². The molecule has 0 bridgehead atoms. The summed E-state index contributed by atoms with van der Waals surface area (Å²) in [5, 5.41) is 13.8. The third kappa shape index (κ3) is 6.65. The number of hydrogen-bond donors (Lipinski definition) is 2. The van der Waals surface area contributed by atoms with Gasteiger partial charge in [0, 0.05) is 46.9 Å². The number of anilines is 2. The van der Waals surface area contributed by atoms with Gasteiger partial charge in [0.1, 0.15) is 29.9 Å². The Balaban J connectivity index is 1.50. The highest BCUT2D eigenvalue weighted by Crippen LogP contribution is 2.57. The zero-order valence-electron chi connectivity index (χ0n) is 22.7. The molecule has 0 aromatic heterocycles. The summed E-state index contributed by atoms with van der Waals surface area (Å²) in [6.07, 6.45) is -3.19. The second-order valence-corrected chi connectivity index (χ2v) is 11.5. The lowest BCUT2D eigenvalue weighted by molar-refractivity contribution is -0.274. The van der Waals surface area contributed by atoms with Gasteiger partial charge in [-0.15, -0.1) is 13.2 Å². The average Bonchev–Trinajstić information content (AvgIpc) is 3.61. The van der Waals surface area contributed by atoms with Crippen molar-refractivity contribution in [3.63, 3.8) is 0 Å². The second-order valence-electron chi connectivity index (χ2n) is 11.1. The molecule has 0 saturated heterocycles. The number of carbonyl (C=O) groups is 1. The summed E-state index contributed by atoms with van der Waals surface area (Å²) in [6.45, 7) is 3.61. The predicted molar refractivity (Wildman–Crippen MR) is 149 cm³/mol. The number of methoxy groups -OCH3 is 1. The summed E-state index contributed by atoms with van der Waals surface area (Å²) in [4.78, 5) is 15.8. The van der Waals surface area contributed by atoms with Crippen molar-refractivity contribution >= 4 is 28.9 Å². The molecule has 218 valence electrons. The maximum absolute atomic E-state index is 14.3. The van der Waals surface area contributed by atoms with Crippen LogP contribution < -0.4 is 24.4 Å². The fourth-order valence-electron chi connectivity index (χ4n) is 5.01. The van der Waals surface area contributed by atoms with Crippen LogP contribution in [0.5, 0.6) is 17.2 Å². The van der Waals surface area contributed by atoms with E-state index in [1.165, 1.54) is 24.1 Å². The van der Waals surface area contributed by atoms with Crippen molar-refractivity contribution in [1.29, 1.82) is 0 Å². The molecule has 41 heavy (non-hydrogen) atoms. The summed E-state index contributed by atoms with van der Waals surface area (Å²) >= 11 is 6.12. The van der Waals surface area contributed by atoms with Gasteiger partial charge in [-0.25, -0.2) is 0 Å². The third-order valence-corrected chi connectivity index (χ3v) is 7.37. The van der Waals surface area contributed by atoms with E-state index in [9.17, 15) is 23.1 Å². The molecule has 1 unspecified atom stereocenters. The first kappa shape index (κ1) is 28.9. The summed E-state index contributed by atoms with van der Waals surface area (Å²) in [7, 11) is 1.50. The molecule has 2 N–H and O–H groups in total. The molecule has 1 aliphatic carbocycles. The lowest BCUT2D eigenvalue weighted by Gasteiger charge is -2.27. The van der Waals surface area contributed by atoms with E-state index in [0.717, 1.165) is 18.4 Å².